The highest BCUT2D eigenvalue weighted by Crippen LogP contribution is 2.30. The number of aromatic nitrogens is 2. The highest BCUT2D eigenvalue weighted by molar-refractivity contribution is 5.75. The number of hydrogen-bond donors (Lipinski definition) is 1. The molecule has 0 aliphatic heterocycles. The zero-order valence-corrected chi connectivity index (χ0v) is 11.8. The average Bonchev–Trinajstić information content (AvgIpc) is 2.69. The van der Waals surface area contributed by atoms with Crippen LogP contribution in [-0.2, 0) is 13.6 Å². The van der Waals surface area contributed by atoms with E-state index in [1.165, 1.54) is 5.56 Å². The molecule has 0 spiro atoms. The van der Waals surface area contributed by atoms with Gasteiger partial charge in [-0.25, -0.2) is 0 Å². The molecule has 0 fully saturated rings. The summed E-state index contributed by atoms with van der Waals surface area (Å²) in [5, 5.41) is 4.18. The summed E-state index contributed by atoms with van der Waals surface area (Å²) in [7, 11) is 7.58. The molecule has 1 heterocycles. The molecule has 0 amide bonds. The average molecular weight is 260 g/mol. The van der Waals surface area contributed by atoms with Crippen molar-refractivity contribution >= 4 is 5.82 Å². The number of nitrogens with two attached hydrogens (primary N) is 1. The van der Waals surface area contributed by atoms with Crippen LogP contribution in [0.3, 0.4) is 0 Å². The molecule has 0 saturated carbocycles. The number of anilines is 1. The van der Waals surface area contributed by atoms with Gasteiger partial charge in [-0.05, 0) is 43.4 Å². The third-order valence-corrected chi connectivity index (χ3v) is 3.00. The van der Waals surface area contributed by atoms with Gasteiger partial charge in [-0.1, -0.05) is 0 Å². The number of hydrogen-bond acceptors (Lipinski definition) is 4. The number of aryl methyl sites for hydroxylation is 1. The monoisotopic (exact) mass is 260 g/mol. The first-order valence-electron chi connectivity index (χ1n) is 6.12. The second-order valence-corrected chi connectivity index (χ2v) is 4.87. The fourth-order valence-corrected chi connectivity index (χ4v) is 2.06. The van der Waals surface area contributed by atoms with E-state index in [0.717, 1.165) is 23.4 Å². The molecule has 2 rings (SSSR count). The van der Waals surface area contributed by atoms with E-state index in [9.17, 15) is 0 Å². The van der Waals surface area contributed by atoms with Crippen LogP contribution in [0, 0.1) is 0 Å². The van der Waals surface area contributed by atoms with Gasteiger partial charge in [0, 0.05) is 19.2 Å². The lowest BCUT2D eigenvalue weighted by Crippen LogP contribution is -2.10. The number of benzene rings is 1. The Bertz CT molecular complexity index is 575. The van der Waals surface area contributed by atoms with Crippen LogP contribution in [0.2, 0.25) is 0 Å². The summed E-state index contributed by atoms with van der Waals surface area (Å²) in [4.78, 5) is 2.12. The van der Waals surface area contributed by atoms with E-state index >= 15 is 0 Å². The van der Waals surface area contributed by atoms with Crippen molar-refractivity contribution in [3.05, 3.63) is 30.0 Å². The van der Waals surface area contributed by atoms with E-state index < -0.39 is 0 Å². The van der Waals surface area contributed by atoms with Crippen LogP contribution in [0.4, 0.5) is 5.82 Å². The fourth-order valence-electron chi connectivity index (χ4n) is 2.06. The molecular weight excluding hydrogens is 240 g/mol. The molecule has 102 valence electrons. The second kappa shape index (κ2) is 5.32. The van der Waals surface area contributed by atoms with Crippen molar-refractivity contribution in [3.63, 3.8) is 0 Å². The van der Waals surface area contributed by atoms with Crippen LogP contribution in [-0.4, -0.2) is 35.9 Å². The number of nitrogens with zero attached hydrogens (tertiary/aromatic N) is 3. The van der Waals surface area contributed by atoms with Gasteiger partial charge in [0.25, 0.3) is 0 Å². The highest BCUT2D eigenvalue weighted by atomic mass is 16.5. The SMILES string of the molecule is COc1cc(CN(C)C)cc(-c2cnn(C)c2N)c1. The Balaban J connectivity index is 2.47. The van der Waals surface area contributed by atoms with Crippen molar-refractivity contribution in [1.29, 1.82) is 0 Å². The van der Waals surface area contributed by atoms with Gasteiger partial charge in [-0.3, -0.25) is 4.68 Å². The summed E-state index contributed by atoms with van der Waals surface area (Å²) in [6.45, 7) is 0.852. The Hall–Kier alpha value is -2.01. The van der Waals surface area contributed by atoms with Gasteiger partial charge < -0.3 is 15.4 Å². The number of methoxy groups -OCH3 is 1. The first-order valence-corrected chi connectivity index (χ1v) is 6.12. The van der Waals surface area contributed by atoms with Crippen LogP contribution in [0.15, 0.2) is 24.4 Å². The lowest BCUT2D eigenvalue weighted by atomic mass is 10.0. The molecule has 0 bridgehead atoms. The molecule has 19 heavy (non-hydrogen) atoms. The minimum absolute atomic E-state index is 0.657. The molecule has 0 aliphatic carbocycles. The zero-order chi connectivity index (χ0) is 14.0. The maximum absolute atomic E-state index is 6.03. The fraction of sp³-hybridized carbons (Fsp3) is 0.357. The molecule has 1 aromatic carbocycles. The van der Waals surface area contributed by atoms with Gasteiger partial charge in [-0.2, -0.15) is 5.10 Å². The van der Waals surface area contributed by atoms with Crippen LogP contribution < -0.4 is 10.5 Å². The van der Waals surface area contributed by atoms with Crippen molar-refractivity contribution in [2.24, 2.45) is 7.05 Å². The molecular formula is C14H20N4O. The second-order valence-electron chi connectivity index (χ2n) is 4.87. The van der Waals surface area contributed by atoms with Gasteiger partial charge >= 0.3 is 0 Å². The molecule has 0 aliphatic rings. The summed E-state index contributed by atoms with van der Waals surface area (Å²) in [5.41, 5.74) is 9.17. The predicted octanol–water partition coefficient (Wildman–Crippen LogP) is 1.74. The normalized spacial score (nSPS) is 11.0. The van der Waals surface area contributed by atoms with E-state index in [0.29, 0.717) is 5.82 Å². The Morgan fingerprint density at radius 3 is 2.58 bits per heavy atom. The molecule has 5 heteroatoms. The Labute approximate surface area is 113 Å². The van der Waals surface area contributed by atoms with Crippen molar-refractivity contribution in [2.45, 2.75) is 6.54 Å². The molecule has 1 aromatic heterocycles. The van der Waals surface area contributed by atoms with Crippen LogP contribution >= 0.6 is 0 Å². The zero-order valence-electron chi connectivity index (χ0n) is 11.8. The van der Waals surface area contributed by atoms with Crippen molar-refractivity contribution in [2.75, 3.05) is 26.9 Å². The van der Waals surface area contributed by atoms with E-state index in [4.69, 9.17) is 10.5 Å². The first-order chi connectivity index (χ1) is 9.01. The Morgan fingerprint density at radius 2 is 2.05 bits per heavy atom. The number of nitrogen functional groups attached to an aromatic ring is 1. The van der Waals surface area contributed by atoms with Crippen LogP contribution in [0.5, 0.6) is 5.75 Å². The van der Waals surface area contributed by atoms with Crippen LogP contribution in [0.25, 0.3) is 11.1 Å². The Morgan fingerprint density at radius 1 is 1.32 bits per heavy atom. The molecule has 0 atom stereocenters. The highest BCUT2D eigenvalue weighted by Gasteiger charge is 2.10. The van der Waals surface area contributed by atoms with Crippen molar-refractivity contribution < 1.29 is 4.74 Å². The smallest absolute Gasteiger partial charge is 0.129 e. The lowest BCUT2D eigenvalue weighted by Gasteiger charge is -2.13. The van der Waals surface area contributed by atoms with Crippen molar-refractivity contribution in [3.8, 4) is 16.9 Å². The Kier molecular flexibility index (Phi) is 3.76. The quantitative estimate of drug-likeness (QED) is 0.909. The van der Waals surface area contributed by atoms with Gasteiger partial charge in [0.2, 0.25) is 0 Å². The number of rotatable bonds is 4. The first kappa shape index (κ1) is 13.4. The van der Waals surface area contributed by atoms with Crippen LogP contribution in [0.1, 0.15) is 5.56 Å². The summed E-state index contributed by atoms with van der Waals surface area (Å²) in [6.07, 6.45) is 1.78. The van der Waals surface area contributed by atoms with E-state index in [-0.39, 0.29) is 0 Å². The molecule has 2 N–H and O–H groups in total. The summed E-state index contributed by atoms with van der Waals surface area (Å²) in [5.74, 6) is 1.49. The summed E-state index contributed by atoms with van der Waals surface area (Å²) < 4.78 is 7.03. The third kappa shape index (κ3) is 2.88. The van der Waals surface area contributed by atoms with Crippen molar-refractivity contribution in [1.82, 2.24) is 14.7 Å². The van der Waals surface area contributed by atoms with E-state index in [1.807, 2.05) is 33.3 Å². The minimum atomic E-state index is 0.657. The maximum Gasteiger partial charge on any atom is 0.129 e. The molecule has 0 saturated heterocycles. The van der Waals surface area contributed by atoms with Gasteiger partial charge in [0.15, 0.2) is 0 Å². The summed E-state index contributed by atoms with van der Waals surface area (Å²) in [6, 6.07) is 6.14. The third-order valence-electron chi connectivity index (χ3n) is 3.00. The molecule has 2 aromatic rings. The maximum atomic E-state index is 6.03. The molecule has 5 nitrogen and oxygen atoms in total. The standard InChI is InChI=1S/C14H20N4O/c1-17(2)9-10-5-11(7-12(6-10)19-4)13-8-16-18(3)14(13)15/h5-8H,9,15H2,1-4H3. The largest absolute Gasteiger partial charge is 0.497 e. The summed E-state index contributed by atoms with van der Waals surface area (Å²) >= 11 is 0. The number of ether oxygens (including phenoxy) is 1. The van der Waals surface area contributed by atoms with Gasteiger partial charge in [0.1, 0.15) is 11.6 Å². The van der Waals surface area contributed by atoms with E-state index in [1.54, 1.807) is 18.0 Å². The minimum Gasteiger partial charge on any atom is -0.497 e. The lowest BCUT2D eigenvalue weighted by molar-refractivity contribution is 0.395. The predicted molar refractivity (Wildman–Crippen MR) is 77.0 cm³/mol. The van der Waals surface area contributed by atoms with E-state index in [2.05, 4.69) is 16.1 Å². The van der Waals surface area contributed by atoms with Gasteiger partial charge in [0.05, 0.1) is 13.3 Å². The molecule has 0 unspecified atom stereocenters. The topological polar surface area (TPSA) is 56.3 Å². The van der Waals surface area contributed by atoms with Gasteiger partial charge in [-0.15, -0.1) is 0 Å². The molecule has 0 radical (unpaired) electrons.